The minimum atomic E-state index is -0.539. The fourth-order valence-corrected chi connectivity index (χ4v) is 4.28. The highest BCUT2D eigenvalue weighted by molar-refractivity contribution is 7.99. The Hall–Kier alpha value is -1.43. The van der Waals surface area contributed by atoms with Crippen LogP contribution in [0.5, 0.6) is 0 Å². The van der Waals surface area contributed by atoms with Crippen LogP contribution in [-0.2, 0) is 14.3 Å². The van der Waals surface area contributed by atoms with Gasteiger partial charge in [0.2, 0.25) is 5.91 Å². The maximum atomic E-state index is 13.1. The van der Waals surface area contributed by atoms with Crippen molar-refractivity contribution >= 4 is 23.6 Å². The van der Waals surface area contributed by atoms with Crippen molar-refractivity contribution < 1.29 is 18.7 Å². The molecule has 3 unspecified atom stereocenters. The van der Waals surface area contributed by atoms with Gasteiger partial charge >= 0.3 is 5.97 Å². The fourth-order valence-electron chi connectivity index (χ4n) is 2.91. The molecule has 2 heterocycles. The van der Waals surface area contributed by atoms with Crippen LogP contribution in [0.3, 0.4) is 0 Å². The van der Waals surface area contributed by atoms with Gasteiger partial charge in [0, 0.05) is 11.7 Å². The van der Waals surface area contributed by atoms with Crippen LogP contribution in [0.1, 0.15) is 50.7 Å². The zero-order chi connectivity index (χ0) is 16.8. The molecule has 1 aliphatic rings. The SMILES string of the molecule is CCCCC(CC)C(=O)N1C(C(=O)OC)CSC1c1ccco1. The van der Waals surface area contributed by atoms with E-state index in [-0.39, 0.29) is 23.2 Å². The number of hydrogen-bond acceptors (Lipinski definition) is 5. The molecule has 128 valence electrons. The monoisotopic (exact) mass is 339 g/mol. The van der Waals surface area contributed by atoms with Crippen LogP contribution in [0.2, 0.25) is 0 Å². The number of hydrogen-bond donors (Lipinski definition) is 0. The van der Waals surface area contributed by atoms with Crippen molar-refractivity contribution in [1.82, 2.24) is 4.90 Å². The third kappa shape index (κ3) is 3.91. The van der Waals surface area contributed by atoms with Crippen molar-refractivity contribution in [1.29, 1.82) is 0 Å². The summed E-state index contributed by atoms with van der Waals surface area (Å²) in [5, 5.41) is -0.253. The first-order valence-corrected chi connectivity index (χ1v) is 9.23. The lowest BCUT2D eigenvalue weighted by Crippen LogP contribution is -2.46. The van der Waals surface area contributed by atoms with Gasteiger partial charge in [-0.15, -0.1) is 11.8 Å². The molecule has 0 N–H and O–H groups in total. The molecule has 0 saturated carbocycles. The number of nitrogens with zero attached hydrogens (tertiary/aromatic N) is 1. The Bertz CT molecular complexity index is 517. The maximum Gasteiger partial charge on any atom is 0.329 e. The summed E-state index contributed by atoms with van der Waals surface area (Å²) in [5.41, 5.74) is 0. The summed E-state index contributed by atoms with van der Waals surface area (Å²) in [7, 11) is 1.37. The van der Waals surface area contributed by atoms with Gasteiger partial charge < -0.3 is 14.1 Å². The van der Waals surface area contributed by atoms with Gasteiger partial charge in [-0.05, 0) is 25.0 Å². The quantitative estimate of drug-likeness (QED) is 0.710. The van der Waals surface area contributed by atoms with Crippen LogP contribution in [-0.4, -0.2) is 35.7 Å². The normalized spacial score (nSPS) is 22.1. The van der Waals surface area contributed by atoms with Crippen LogP contribution in [0, 0.1) is 5.92 Å². The molecular formula is C17H25NO4S. The highest BCUT2D eigenvalue weighted by Gasteiger charge is 2.45. The molecule has 0 radical (unpaired) electrons. The molecule has 1 fully saturated rings. The second-order valence-electron chi connectivity index (χ2n) is 5.73. The number of amides is 1. The van der Waals surface area contributed by atoms with Gasteiger partial charge in [0.1, 0.15) is 17.2 Å². The van der Waals surface area contributed by atoms with Gasteiger partial charge in [0.25, 0.3) is 0 Å². The second-order valence-corrected chi connectivity index (χ2v) is 6.85. The lowest BCUT2D eigenvalue weighted by Gasteiger charge is -2.30. The van der Waals surface area contributed by atoms with E-state index in [0.717, 1.165) is 25.7 Å². The van der Waals surface area contributed by atoms with Crippen LogP contribution in [0.25, 0.3) is 0 Å². The van der Waals surface area contributed by atoms with E-state index in [2.05, 4.69) is 6.92 Å². The minimum absolute atomic E-state index is 0.0303. The molecule has 1 aromatic heterocycles. The van der Waals surface area contributed by atoms with Crippen molar-refractivity contribution in [2.75, 3.05) is 12.9 Å². The number of thioether (sulfide) groups is 1. The van der Waals surface area contributed by atoms with Crippen LogP contribution >= 0.6 is 11.8 Å². The van der Waals surface area contributed by atoms with Crippen LogP contribution < -0.4 is 0 Å². The zero-order valence-corrected chi connectivity index (χ0v) is 14.8. The van der Waals surface area contributed by atoms with E-state index in [0.29, 0.717) is 11.5 Å². The molecule has 0 bridgehead atoms. The van der Waals surface area contributed by atoms with E-state index in [1.54, 1.807) is 29.0 Å². The summed E-state index contributed by atoms with van der Waals surface area (Å²) < 4.78 is 10.4. The topological polar surface area (TPSA) is 59.8 Å². The molecule has 0 aromatic carbocycles. The molecule has 1 aliphatic heterocycles. The number of rotatable bonds is 7. The number of carbonyl (C=O) groups excluding carboxylic acids is 2. The van der Waals surface area contributed by atoms with E-state index in [1.807, 2.05) is 13.0 Å². The summed E-state index contributed by atoms with van der Waals surface area (Å²) in [6.07, 6.45) is 5.29. The summed E-state index contributed by atoms with van der Waals surface area (Å²) in [6, 6.07) is 3.12. The van der Waals surface area contributed by atoms with Crippen molar-refractivity contribution in [3.63, 3.8) is 0 Å². The van der Waals surface area contributed by atoms with Gasteiger partial charge in [-0.2, -0.15) is 0 Å². The van der Waals surface area contributed by atoms with E-state index < -0.39 is 6.04 Å². The summed E-state index contributed by atoms with van der Waals surface area (Å²) in [5.74, 6) is 0.861. The molecule has 2 rings (SSSR count). The first-order valence-electron chi connectivity index (χ1n) is 8.19. The molecule has 23 heavy (non-hydrogen) atoms. The average molecular weight is 339 g/mol. The predicted molar refractivity (Wildman–Crippen MR) is 89.9 cm³/mol. The molecule has 1 aromatic rings. The molecular weight excluding hydrogens is 314 g/mol. The van der Waals surface area contributed by atoms with Crippen LogP contribution in [0.4, 0.5) is 0 Å². The minimum Gasteiger partial charge on any atom is -0.467 e. The van der Waals surface area contributed by atoms with Gasteiger partial charge in [-0.3, -0.25) is 4.79 Å². The molecule has 0 spiro atoms. The molecule has 3 atom stereocenters. The summed E-state index contributed by atoms with van der Waals surface area (Å²) in [4.78, 5) is 26.9. The summed E-state index contributed by atoms with van der Waals surface area (Å²) in [6.45, 7) is 4.14. The number of ether oxygens (including phenoxy) is 1. The number of esters is 1. The Morgan fingerprint density at radius 1 is 1.48 bits per heavy atom. The van der Waals surface area contributed by atoms with Crippen LogP contribution in [0.15, 0.2) is 22.8 Å². The molecule has 0 aliphatic carbocycles. The number of carbonyl (C=O) groups is 2. The number of methoxy groups -OCH3 is 1. The Kier molecular flexibility index (Phi) is 6.57. The van der Waals surface area contributed by atoms with E-state index in [1.165, 1.54) is 7.11 Å². The van der Waals surface area contributed by atoms with E-state index in [9.17, 15) is 9.59 Å². The lowest BCUT2D eigenvalue weighted by atomic mass is 9.97. The van der Waals surface area contributed by atoms with E-state index >= 15 is 0 Å². The molecule has 1 amide bonds. The van der Waals surface area contributed by atoms with Crippen molar-refractivity contribution in [3.8, 4) is 0 Å². The average Bonchev–Trinajstić information content (AvgIpc) is 3.23. The van der Waals surface area contributed by atoms with Crippen molar-refractivity contribution in [3.05, 3.63) is 24.2 Å². The highest BCUT2D eigenvalue weighted by Crippen LogP contribution is 2.43. The first kappa shape index (κ1) is 17.9. The number of unbranched alkanes of at least 4 members (excludes halogenated alkanes) is 1. The predicted octanol–water partition coefficient (Wildman–Crippen LogP) is 3.61. The Labute approximate surface area is 141 Å². The molecule has 5 nitrogen and oxygen atoms in total. The lowest BCUT2D eigenvalue weighted by molar-refractivity contribution is -0.153. The second kappa shape index (κ2) is 8.43. The van der Waals surface area contributed by atoms with Gasteiger partial charge in [0.15, 0.2) is 0 Å². The Morgan fingerprint density at radius 2 is 2.26 bits per heavy atom. The highest BCUT2D eigenvalue weighted by atomic mass is 32.2. The van der Waals surface area contributed by atoms with Gasteiger partial charge in [-0.25, -0.2) is 4.79 Å². The fraction of sp³-hybridized carbons (Fsp3) is 0.647. The molecule has 1 saturated heterocycles. The van der Waals surface area contributed by atoms with Gasteiger partial charge in [0.05, 0.1) is 13.4 Å². The number of furan rings is 1. The largest absolute Gasteiger partial charge is 0.467 e. The van der Waals surface area contributed by atoms with Gasteiger partial charge in [-0.1, -0.05) is 26.7 Å². The first-order chi connectivity index (χ1) is 11.1. The maximum absolute atomic E-state index is 13.1. The standard InChI is InChI=1S/C17H25NO4S/c1-4-6-8-12(5-2)15(19)18-13(17(20)21-3)11-23-16(18)14-9-7-10-22-14/h7,9-10,12-13,16H,4-6,8,11H2,1-3H3. The third-order valence-corrected chi connectivity index (χ3v) is 5.55. The van der Waals surface area contributed by atoms with Crippen molar-refractivity contribution in [2.24, 2.45) is 5.92 Å². The van der Waals surface area contributed by atoms with E-state index in [4.69, 9.17) is 9.15 Å². The summed E-state index contributed by atoms with van der Waals surface area (Å²) >= 11 is 1.55. The van der Waals surface area contributed by atoms with Crippen molar-refractivity contribution in [2.45, 2.75) is 50.9 Å². The third-order valence-electron chi connectivity index (χ3n) is 4.26. The Morgan fingerprint density at radius 3 is 2.83 bits per heavy atom. The smallest absolute Gasteiger partial charge is 0.329 e. The Balaban J connectivity index is 2.25. The zero-order valence-electron chi connectivity index (χ0n) is 14.0. The molecule has 6 heteroatoms.